The molecule has 1 aromatic heterocycles. The summed E-state index contributed by atoms with van der Waals surface area (Å²) in [6, 6.07) is 7.00. The number of aromatic nitrogens is 1. The van der Waals surface area contributed by atoms with Crippen LogP contribution >= 0.6 is 38.9 Å². The third-order valence-corrected chi connectivity index (χ3v) is 5.10. The Kier molecular flexibility index (Phi) is 4.99. The molecule has 0 aliphatic carbocycles. The predicted molar refractivity (Wildman–Crippen MR) is 94.1 cm³/mol. The lowest BCUT2D eigenvalue weighted by atomic mass is 10.0. The normalized spacial score (nSPS) is 18.1. The molecule has 1 unspecified atom stereocenters. The number of thiazole rings is 1. The number of piperidine rings is 1. The van der Waals surface area contributed by atoms with E-state index in [1.807, 2.05) is 24.3 Å². The second kappa shape index (κ2) is 6.98. The maximum Gasteiger partial charge on any atom is 0.271 e. The van der Waals surface area contributed by atoms with E-state index in [9.17, 15) is 9.59 Å². The lowest BCUT2D eigenvalue weighted by molar-refractivity contribution is -0.121. The molecule has 2 amide bonds. The molecule has 0 bridgehead atoms. The summed E-state index contributed by atoms with van der Waals surface area (Å²) in [4.78, 5) is 30.4. The van der Waals surface area contributed by atoms with E-state index in [0.717, 1.165) is 16.6 Å². The van der Waals surface area contributed by atoms with Crippen LogP contribution in [0.1, 0.15) is 23.3 Å². The summed E-state index contributed by atoms with van der Waals surface area (Å²) < 4.78 is 1.26. The SMILES string of the molecule is O=C(NC1CCCN(c2ccc(Br)cc2)C1=O)c1csc(Cl)n1. The molecule has 1 saturated heterocycles. The molecule has 2 heterocycles. The third kappa shape index (κ3) is 3.73. The number of anilines is 1. The fraction of sp³-hybridized carbons (Fsp3) is 0.267. The number of carbonyl (C=O) groups excluding carboxylic acids is 2. The van der Waals surface area contributed by atoms with Crippen molar-refractivity contribution in [3.63, 3.8) is 0 Å². The molecule has 5 nitrogen and oxygen atoms in total. The van der Waals surface area contributed by atoms with Crippen molar-refractivity contribution in [3.05, 3.63) is 44.3 Å². The van der Waals surface area contributed by atoms with Crippen LogP contribution in [0.5, 0.6) is 0 Å². The molecule has 23 heavy (non-hydrogen) atoms. The van der Waals surface area contributed by atoms with E-state index in [1.165, 1.54) is 11.3 Å². The Morgan fingerprint density at radius 3 is 2.78 bits per heavy atom. The average Bonchev–Trinajstić information content (AvgIpc) is 2.97. The maximum absolute atomic E-state index is 12.6. The van der Waals surface area contributed by atoms with Gasteiger partial charge in [-0.2, -0.15) is 0 Å². The van der Waals surface area contributed by atoms with E-state index in [4.69, 9.17) is 11.6 Å². The molecule has 0 saturated carbocycles. The van der Waals surface area contributed by atoms with Crippen molar-refractivity contribution in [2.24, 2.45) is 0 Å². The Labute approximate surface area is 150 Å². The quantitative estimate of drug-likeness (QED) is 0.836. The number of halogens is 2. The van der Waals surface area contributed by atoms with E-state index in [2.05, 4.69) is 26.2 Å². The van der Waals surface area contributed by atoms with Crippen molar-refractivity contribution >= 4 is 56.4 Å². The van der Waals surface area contributed by atoms with E-state index < -0.39 is 6.04 Å². The molecule has 3 rings (SSSR count). The summed E-state index contributed by atoms with van der Waals surface area (Å²) in [6.45, 7) is 0.648. The van der Waals surface area contributed by atoms with Crippen LogP contribution in [0.15, 0.2) is 34.1 Å². The van der Waals surface area contributed by atoms with E-state index in [1.54, 1.807) is 10.3 Å². The number of hydrogen-bond acceptors (Lipinski definition) is 4. The zero-order valence-corrected chi connectivity index (χ0v) is 15.1. The molecular weight excluding hydrogens is 402 g/mol. The van der Waals surface area contributed by atoms with Crippen molar-refractivity contribution in [1.82, 2.24) is 10.3 Å². The van der Waals surface area contributed by atoms with Gasteiger partial charge in [0.15, 0.2) is 4.47 Å². The number of carbonyl (C=O) groups is 2. The van der Waals surface area contributed by atoms with Gasteiger partial charge in [0.1, 0.15) is 11.7 Å². The predicted octanol–water partition coefficient (Wildman–Crippen LogP) is 3.48. The number of nitrogens with one attached hydrogen (secondary N) is 1. The largest absolute Gasteiger partial charge is 0.339 e. The standard InChI is InChI=1S/C15H13BrClN3O2S/c16-9-3-5-10(6-4-9)20-7-1-2-11(14(20)22)18-13(21)12-8-23-15(17)19-12/h3-6,8,11H,1-2,7H2,(H,18,21). The molecule has 0 radical (unpaired) electrons. The van der Waals surface area contributed by atoms with Crippen molar-refractivity contribution in [2.45, 2.75) is 18.9 Å². The molecule has 1 aliphatic heterocycles. The number of amides is 2. The summed E-state index contributed by atoms with van der Waals surface area (Å²) in [5.74, 6) is -0.475. The van der Waals surface area contributed by atoms with Gasteiger partial charge in [0.25, 0.3) is 5.91 Å². The summed E-state index contributed by atoms with van der Waals surface area (Å²) >= 11 is 10.3. The first-order valence-corrected chi connectivity index (χ1v) is 9.08. The van der Waals surface area contributed by atoms with Crippen LogP contribution in [0.25, 0.3) is 0 Å². The van der Waals surface area contributed by atoms with Crippen molar-refractivity contribution in [2.75, 3.05) is 11.4 Å². The lowest BCUT2D eigenvalue weighted by Crippen LogP contribution is -2.52. The smallest absolute Gasteiger partial charge is 0.271 e. The van der Waals surface area contributed by atoms with Crippen LogP contribution in [-0.2, 0) is 4.79 Å². The molecule has 0 spiro atoms. The van der Waals surface area contributed by atoms with Gasteiger partial charge in [0.2, 0.25) is 5.91 Å². The van der Waals surface area contributed by atoms with Gasteiger partial charge in [0, 0.05) is 22.1 Å². The van der Waals surface area contributed by atoms with Gasteiger partial charge in [-0.15, -0.1) is 11.3 Å². The topological polar surface area (TPSA) is 62.3 Å². The van der Waals surface area contributed by atoms with Crippen LogP contribution in [0.4, 0.5) is 5.69 Å². The zero-order valence-electron chi connectivity index (χ0n) is 12.0. The van der Waals surface area contributed by atoms with Crippen molar-refractivity contribution in [1.29, 1.82) is 0 Å². The second-order valence-corrected chi connectivity index (χ2v) is 7.48. The first-order chi connectivity index (χ1) is 11.0. The Morgan fingerprint density at radius 1 is 1.39 bits per heavy atom. The highest BCUT2D eigenvalue weighted by molar-refractivity contribution is 9.10. The Morgan fingerprint density at radius 2 is 2.13 bits per heavy atom. The van der Waals surface area contributed by atoms with Gasteiger partial charge in [-0.25, -0.2) is 4.98 Å². The molecule has 1 atom stereocenters. The van der Waals surface area contributed by atoms with Crippen molar-refractivity contribution < 1.29 is 9.59 Å². The minimum absolute atomic E-state index is 0.103. The zero-order chi connectivity index (χ0) is 16.4. The molecule has 1 N–H and O–H groups in total. The minimum Gasteiger partial charge on any atom is -0.339 e. The Bertz CT molecular complexity index is 735. The number of benzene rings is 1. The summed E-state index contributed by atoms with van der Waals surface area (Å²) in [7, 11) is 0. The van der Waals surface area contributed by atoms with Crippen LogP contribution in [-0.4, -0.2) is 29.4 Å². The highest BCUT2D eigenvalue weighted by atomic mass is 79.9. The number of rotatable bonds is 3. The molecule has 8 heteroatoms. The van der Waals surface area contributed by atoms with Crippen LogP contribution in [0, 0.1) is 0 Å². The van der Waals surface area contributed by atoms with Gasteiger partial charge in [-0.3, -0.25) is 9.59 Å². The first kappa shape index (κ1) is 16.4. The highest BCUT2D eigenvalue weighted by Gasteiger charge is 2.31. The molecule has 2 aromatic rings. The molecular formula is C15H13BrClN3O2S. The Hall–Kier alpha value is -1.44. The third-order valence-electron chi connectivity index (χ3n) is 3.59. The summed E-state index contributed by atoms with van der Waals surface area (Å²) in [5.41, 5.74) is 1.07. The summed E-state index contributed by atoms with van der Waals surface area (Å²) in [6.07, 6.45) is 1.44. The van der Waals surface area contributed by atoms with Crippen LogP contribution in [0.3, 0.4) is 0 Å². The van der Waals surface area contributed by atoms with Gasteiger partial charge in [-0.1, -0.05) is 27.5 Å². The van der Waals surface area contributed by atoms with E-state index in [-0.39, 0.29) is 17.5 Å². The maximum atomic E-state index is 12.6. The second-order valence-electron chi connectivity index (χ2n) is 5.12. The first-order valence-electron chi connectivity index (χ1n) is 7.03. The molecule has 1 aliphatic rings. The van der Waals surface area contributed by atoms with Crippen LogP contribution < -0.4 is 10.2 Å². The average molecular weight is 415 g/mol. The van der Waals surface area contributed by atoms with Crippen molar-refractivity contribution in [3.8, 4) is 0 Å². The summed E-state index contributed by atoms with van der Waals surface area (Å²) in [5, 5.41) is 4.34. The number of nitrogens with zero attached hydrogens (tertiary/aromatic N) is 2. The molecule has 1 fully saturated rings. The fourth-order valence-electron chi connectivity index (χ4n) is 2.47. The lowest BCUT2D eigenvalue weighted by Gasteiger charge is -2.32. The fourth-order valence-corrected chi connectivity index (χ4v) is 3.48. The van der Waals surface area contributed by atoms with Gasteiger partial charge >= 0.3 is 0 Å². The highest BCUT2D eigenvalue weighted by Crippen LogP contribution is 2.23. The van der Waals surface area contributed by atoms with Crippen LogP contribution in [0.2, 0.25) is 4.47 Å². The van der Waals surface area contributed by atoms with Gasteiger partial charge < -0.3 is 10.2 Å². The molecule has 1 aromatic carbocycles. The minimum atomic E-state index is -0.541. The Balaban J connectivity index is 1.72. The monoisotopic (exact) mass is 413 g/mol. The number of hydrogen-bond donors (Lipinski definition) is 1. The van der Waals surface area contributed by atoms with E-state index >= 15 is 0 Å². The van der Waals surface area contributed by atoms with Gasteiger partial charge in [0.05, 0.1) is 0 Å². The van der Waals surface area contributed by atoms with Gasteiger partial charge in [-0.05, 0) is 37.1 Å². The van der Waals surface area contributed by atoms with E-state index in [0.29, 0.717) is 17.4 Å². The molecule has 120 valence electrons.